The van der Waals surface area contributed by atoms with Crippen molar-refractivity contribution in [2.45, 2.75) is 13.5 Å². The van der Waals surface area contributed by atoms with Crippen LogP contribution in [-0.2, 0) is 16.4 Å². The van der Waals surface area contributed by atoms with Crippen molar-refractivity contribution in [3.8, 4) is 5.75 Å². The molecular weight excluding hydrogens is 467 g/mol. The predicted octanol–water partition coefficient (Wildman–Crippen LogP) is 1.10. The highest BCUT2D eigenvalue weighted by atomic mass is 127. The highest BCUT2D eigenvalue weighted by Gasteiger charge is 2.20. The summed E-state index contributed by atoms with van der Waals surface area (Å²) >= 11 is 0. The molecule has 0 aliphatic carbocycles. The molecule has 1 aliphatic heterocycles. The summed E-state index contributed by atoms with van der Waals surface area (Å²) in [5.41, 5.74) is 1.11. The number of nitrogens with zero attached hydrogens (tertiary/aromatic N) is 2. The van der Waals surface area contributed by atoms with Gasteiger partial charge in [0.05, 0.1) is 25.2 Å². The fourth-order valence-electron chi connectivity index (χ4n) is 2.55. The van der Waals surface area contributed by atoms with Crippen LogP contribution in [0.3, 0.4) is 0 Å². The van der Waals surface area contributed by atoms with Crippen molar-refractivity contribution in [2.75, 3.05) is 51.3 Å². The Balaban J connectivity index is 0.00000338. The predicted molar refractivity (Wildman–Crippen MR) is 116 cm³/mol. The van der Waals surface area contributed by atoms with E-state index in [1.807, 2.05) is 31.2 Å². The van der Waals surface area contributed by atoms with Crippen LogP contribution in [0.2, 0.25) is 0 Å². The fourth-order valence-corrected chi connectivity index (χ4v) is 3.83. The Labute approximate surface area is 173 Å². The van der Waals surface area contributed by atoms with E-state index >= 15 is 0 Å². The molecule has 0 aromatic heterocycles. The largest absolute Gasteiger partial charge is 0.497 e. The molecule has 1 aromatic rings. The summed E-state index contributed by atoms with van der Waals surface area (Å²) < 4.78 is 28.0. The number of aliphatic imine (C=N–C) groups is 1. The standard InChI is InChI=1S/C17H28N4O3S.HI/c1-3-18-17(20-14-15-4-6-16(24-2)7-5-15)19-8-9-21-10-12-25(22,23)13-11-21;/h4-7H,3,8-14H2,1-2H3,(H2,18,19,20);1H. The monoisotopic (exact) mass is 496 g/mol. The third kappa shape index (κ3) is 8.09. The van der Waals surface area contributed by atoms with Crippen LogP contribution in [-0.4, -0.2) is 70.6 Å². The quantitative estimate of drug-likeness (QED) is 0.334. The second-order valence-electron chi connectivity index (χ2n) is 5.96. The lowest BCUT2D eigenvalue weighted by molar-refractivity contribution is 0.299. The smallest absolute Gasteiger partial charge is 0.191 e. The summed E-state index contributed by atoms with van der Waals surface area (Å²) in [5.74, 6) is 2.13. The molecule has 0 unspecified atom stereocenters. The molecule has 7 nitrogen and oxygen atoms in total. The SMILES string of the molecule is CCNC(=NCc1ccc(OC)cc1)NCCN1CCS(=O)(=O)CC1.I. The molecule has 1 fully saturated rings. The number of hydrogen-bond acceptors (Lipinski definition) is 5. The van der Waals surface area contributed by atoms with E-state index in [-0.39, 0.29) is 35.5 Å². The van der Waals surface area contributed by atoms with Crippen molar-refractivity contribution in [2.24, 2.45) is 4.99 Å². The van der Waals surface area contributed by atoms with Crippen molar-refractivity contribution in [1.82, 2.24) is 15.5 Å². The minimum Gasteiger partial charge on any atom is -0.497 e. The maximum Gasteiger partial charge on any atom is 0.191 e. The van der Waals surface area contributed by atoms with E-state index in [2.05, 4.69) is 20.5 Å². The summed E-state index contributed by atoms with van der Waals surface area (Å²) in [6.45, 7) is 6.17. The van der Waals surface area contributed by atoms with Crippen molar-refractivity contribution in [3.63, 3.8) is 0 Å². The van der Waals surface area contributed by atoms with E-state index in [1.54, 1.807) is 7.11 Å². The van der Waals surface area contributed by atoms with Gasteiger partial charge in [-0.2, -0.15) is 0 Å². The molecule has 0 atom stereocenters. The molecule has 1 aliphatic rings. The molecule has 1 heterocycles. The molecule has 0 bridgehead atoms. The number of methoxy groups -OCH3 is 1. The first kappa shape index (κ1) is 23.0. The summed E-state index contributed by atoms with van der Waals surface area (Å²) in [4.78, 5) is 6.75. The van der Waals surface area contributed by atoms with Crippen LogP contribution in [0.25, 0.3) is 0 Å². The topological polar surface area (TPSA) is 83.0 Å². The van der Waals surface area contributed by atoms with E-state index in [1.165, 1.54) is 0 Å². The van der Waals surface area contributed by atoms with Crippen LogP contribution in [0.1, 0.15) is 12.5 Å². The van der Waals surface area contributed by atoms with Gasteiger partial charge in [0.25, 0.3) is 0 Å². The van der Waals surface area contributed by atoms with E-state index in [9.17, 15) is 8.42 Å². The number of halogens is 1. The number of ether oxygens (including phenoxy) is 1. The Hall–Kier alpha value is -1.07. The number of rotatable bonds is 7. The van der Waals surface area contributed by atoms with Crippen LogP contribution >= 0.6 is 24.0 Å². The highest BCUT2D eigenvalue weighted by molar-refractivity contribution is 14.0. The van der Waals surface area contributed by atoms with Crippen molar-refractivity contribution >= 4 is 39.8 Å². The van der Waals surface area contributed by atoms with Crippen LogP contribution in [0.5, 0.6) is 5.75 Å². The van der Waals surface area contributed by atoms with Crippen molar-refractivity contribution < 1.29 is 13.2 Å². The van der Waals surface area contributed by atoms with Gasteiger partial charge < -0.3 is 15.4 Å². The van der Waals surface area contributed by atoms with Gasteiger partial charge in [-0.3, -0.25) is 4.90 Å². The first-order chi connectivity index (χ1) is 12.0. The minimum atomic E-state index is -2.82. The van der Waals surface area contributed by atoms with Gasteiger partial charge in [0.1, 0.15) is 5.75 Å². The van der Waals surface area contributed by atoms with Crippen LogP contribution in [0.4, 0.5) is 0 Å². The van der Waals surface area contributed by atoms with Gasteiger partial charge in [0, 0.05) is 32.7 Å². The van der Waals surface area contributed by atoms with Gasteiger partial charge in [-0.05, 0) is 24.6 Å². The zero-order valence-corrected chi connectivity index (χ0v) is 18.5. The van der Waals surface area contributed by atoms with Crippen molar-refractivity contribution in [3.05, 3.63) is 29.8 Å². The number of sulfone groups is 1. The fraction of sp³-hybridized carbons (Fsp3) is 0.588. The molecule has 9 heteroatoms. The normalized spacial score (nSPS) is 17.2. The van der Waals surface area contributed by atoms with E-state index in [0.29, 0.717) is 19.6 Å². The molecular formula is C17H29IN4O3S. The van der Waals surface area contributed by atoms with E-state index in [0.717, 1.165) is 36.9 Å². The Kier molecular flexibility index (Phi) is 10.3. The Morgan fingerprint density at radius 1 is 1.19 bits per heavy atom. The molecule has 2 N–H and O–H groups in total. The summed E-state index contributed by atoms with van der Waals surface area (Å²) in [5, 5.41) is 6.53. The lowest BCUT2D eigenvalue weighted by atomic mass is 10.2. The van der Waals surface area contributed by atoms with Gasteiger partial charge in [-0.15, -0.1) is 24.0 Å². The number of benzene rings is 1. The Bertz CT molecular complexity index is 651. The summed E-state index contributed by atoms with van der Waals surface area (Å²) in [6.07, 6.45) is 0. The van der Waals surface area contributed by atoms with Gasteiger partial charge in [0.15, 0.2) is 15.8 Å². The number of hydrogen-bond donors (Lipinski definition) is 2. The average Bonchev–Trinajstić information content (AvgIpc) is 2.61. The first-order valence-corrected chi connectivity index (χ1v) is 10.4. The van der Waals surface area contributed by atoms with E-state index < -0.39 is 9.84 Å². The van der Waals surface area contributed by atoms with Crippen LogP contribution < -0.4 is 15.4 Å². The van der Waals surface area contributed by atoms with Gasteiger partial charge in [-0.1, -0.05) is 12.1 Å². The summed E-state index contributed by atoms with van der Waals surface area (Å²) in [6, 6.07) is 7.85. The highest BCUT2D eigenvalue weighted by Crippen LogP contribution is 2.11. The molecule has 0 radical (unpaired) electrons. The first-order valence-electron chi connectivity index (χ1n) is 8.60. The van der Waals surface area contributed by atoms with E-state index in [4.69, 9.17) is 4.74 Å². The maximum absolute atomic E-state index is 11.4. The molecule has 1 saturated heterocycles. The molecule has 1 aromatic carbocycles. The zero-order chi connectivity index (χ0) is 18.1. The second kappa shape index (κ2) is 11.6. The average molecular weight is 496 g/mol. The van der Waals surface area contributed by atoms with Gasteiger partial charge in [0.2, 0.25) is 0 Å². The van der Waals surface area contributed by atoms with Gasteiger partial charge in [-0.25, -0.2) is 13.4 Å². The molecule has 148 valence electrons. The Morgan fingerprint density at radius 2 is 1.85 bits per heavy atom. The second-order valence-corrected chi connectivity index (χ2v) is 8.27. The minimum absolute atomic E-state index is 0. The number of nitrogens with one attached hydrogen (secondary N) is 2. The lowest BCUT2D eigenvalue weighted by Gasteiger charge is -2.26. The third-order valence-electron chi connectivity index (χ3n) is 4.08. The third-order valence-corrected chi connectivity index (χ3v) is 5.69. The molecule has 2 rings (SSSR count). The molecule has 26 heavy (non-hydrogen) atoms. The molecule has 0 amide bonds. The molecule has 0 saturated carbocycles. The Morgan fingerprint density at radius 3 is 2.42 bits per heavy atom. The van der Waals surface area contributed by atoms with Crippen molar-refractivity contribution in [1.29, 1.82) is 0 Å². The zero-order valence-electron chi connectivity index (χ0n) is 15.4. The number of guanidine groups is 1. The maximum atomic E-state index is 11.4. The summed E-state index contributed by atoms with van der Waals surface area (Å²) in [7, 11) is -1.17. The van der Waals surface area contributed by atoms with Crippen LogP contribution in [0.15, 0.2) is 29.3 Å². The van der Waals surface area contributed by atoms with Crippen LogP contribution in [0, 0.1) is 0 Å². The lowest BCUT2D eigenvalue weighted by Crippen LogP contribution is -2.45. The molecule has 0 spiro atoms. The van der Waals surface area contributed by atoms with Gasteiger partial charge >= 0.3 is 0 Å².